The maximum absolute atomic E-state index is 9.08. The molecule has 1 fully saturated rings. The molecule has 1 aliphatic heterocycles. The van der Waals surface area contributed by atoms with Gasteiger partial charge in [-0.3, -0.25) is 0 Å². The second-order valence-electron chi connectivity index (χ2n) is 4.94. The van der Waals surface area contributed by atoms with E-state index in [4.69, 9.17) is 10.4 Å². The largest absolute Gasteiger partial charge is 0.396 e. The highest BCUT2D eigenvalue weighted by atomic mass is 16.3. The van der Waals surface area contributed by atoms with Gasteiger partial charge < -0.3 is 15.3 Å². The van der Waals surface area contributed by atoms with E-state index in [0.717, 1.165) is 44.8 Å². The molecule has 0 spiro atoms. The summed E-state index contributed by atoms with van der Waals surface area (Å²) in [5.74, 6) is 1.30. The summed E-state index contributed by atoms with van der Waals surface area (Å²) < 4.78 is 0. The standard InChI is InChI=1S/C14H20N4O/c15-9-13-1-2-14(17-10-13)16-5-8-18-6-3-12(11-19)4-7-18/h1-2,10,12,19H,3-8,11H2,(H,16,17). The van der Waals surface area contributed by atoms with Crippen molar-refractivity contribution in [3.05, 3.63) is 23.9 Å². The van der Waals surface area contributed by atoms with Crippen LogP contribution in [0.25, 0.3) is 0 Å². The van der Waals surface area contributed by atoms with Crippen molar-refractivity contribution in [2.75, 3.05) is 38.1 Å². The zero-order valence-electron chi connectivity index (χ0n) is 11.0. The van der Waals surface area contributed by atoms with E-state index in [-0.39, 0.29) is 0 Å². The maximum Gasteiger partial charge on any atom is 0.126 e. The Balaban J connectivity index is 1.68. The van der Waals surface area contributed by atoms with Gasteiger partial charge in [0.15, 0.2) is 0 Å². The smallest absolute Gasteiger partial charge is 0.126 e. The Bertz CT molecular complexity index is 418. The lowest BCUT2D eigenvalue weighted by molar-refractivity contribution is 0.134. The van der Waals surface area contributed by atoms with Gasteiger partial charge in [-0.1, -0.05) is 0 Å². The van der Waals surface area contributed by atoms with E-state index in [0.29, 0.717) is 18.1 Å². The summed E-state index contributed by atoms with van der Waals surface area (Å²) in [5, 5.41) is 21.0. The number of pyridine rings is 1. The number of nitrogens with one attached hydrogen (secondary N) is 1. The molecule has 1 saturated heterocycles. The number of rotatable bonds is 5. The molecule has 5 nitrogen and oxygen atoms in total. The van der Waals surface area contributed by atoms with Crippen LogP contribution in [0.15, 0.2) is 18.3 Å². The van der Waals surface area contributed by atoms with Gasteiger partial charge in [-0.15, -0.1) is 0 Å². The zero-order chi connectivity index (χ0) is 13.5. The molecule has 5 heteroatoms. The van der Waals surface area contributed by atoms with Crippen molar-refractivity contribution in [1.29, 1.82) is 5.26 Å². The third-order valence-corrected chi connectivity index (χ3v) is 3.59. The number of anilines is 1. The van der Waals surface area contributed by atoms with Crippen LogP contribution in [0.1, 0.15) is 18.4 Å². The molecule has 1 aromatic rings. The number of aliphatic hydroxyl groups is 1. The first-order valence-corrected chi connectivity index (χ1v) is 6.75. The van der Waals surface area contributed by atoms with Gasteiger partial charge in [-0.2, -0.15) is 5.26 Å². The molecular formula is C14H20N4O. The van der Waals surface area contributed by atoms with Crippen LogP contribution in [0.3, 0.4) is 0 Å². The first-order valence-electron chi connectivity index (χ1n) is 6.75. The normalized spacial score (nSPS) is 17.1. The van der Waals surface area contributed by atoms with Crippen molar-refractivity contribution in [3.8, 4) is 6.07 Å². The van der Waals surface area contributed by atoms with Gasteiger partial charge in [-0.25, -0.2) is 4.98 Å². The summed E-state index contributed by atoms with van der Waals surface area (Å²) in [6, 6.07) is 5.65. The van der Waals surface area contributed by atoms with Gasteiger partial charge >= 0.3 is 0 Å². The first-order chi connectivity index (χ1) is 9.31. The first kappa shape index (κ1) is 13.8. The minimum atomic E-state index is 0.321. The van der Waals surface area contributed by atoms with E-state index < -0.39 is 0 Å². The Morgan fingerprint density at radius 2 is 2.21 bits per heavy atom. The van der Waals surface area contributed by atoms with E-state index in [2.05, 4.69) is 21.3 Å². The van der Waals surface area contributed by atoms with Crippen LogP contribution in [-0.2, 0) is 0 Å². The molecule has 102 valence electrons. The van der Waals surface area contributed by atoms with Crippen LogP contribution in [0.5, 0.6) is 0 Å². The van der Waals surface area contributed by atoms with Crippen molar-refractivity contribution in [1.82, 2.24) is 9.88 Å². The lowest BCUT2D eigenvalue weighted by Crippen LogP contribution is -2.37. The lowest BCUT2D eigenvalue weighted by Gasteiger charge is -2.30. The summed E-state index contributed by atoms with van der Waals surface area (Å²) in [6.07, 6.45) is 3.76. The highest BCUT2D eigenvalue weighted by Crippen LogP contribution is 2.15. The van der Waals surface area contributed by atoms with E-state index in [1.54, 1.807) is 12.3 Å². The molecule has 0 unspecified atom stereocenters. The third kappa shape index (κ3) is 4.19. The minimum absolute atomic E-state index is 0.321. The van der Waals surface area contributed by atoms with E-state index in [9.17, 15) is 0 Å². The fraction of sp³-hybridized carbons (Fsp3) is 0.571. The Morgan fingerprint density at radius 1 is 1.42 bits per heavy atom. The topological polar surface area (TPSA) is 72.2 Å². The molecule has 0 radical (unpaired) electrons. The quantitative estimate of drug-likeness (QED) is 0.828. The predicted molar refractivity (Wildman–Crippen MR) is 73.7 cm³/mol. The molecule has 19 heavy (non-hydrogen) atoms. The average molecular weight is 260 g/mol. The summed E-state index contributed by atoms with van der Waals surface area (Å²) in [4.78, 5) is 6.58. The Morgan fingerprint density at radius 3 is 2.79 bits per heavy atom. The summed E-state index contributed by atoms with van der Waals surface area (Å²) in [7, 11) is 0. The van der Waals surface area contributed by atoms with Crippen molar-refractivity contribution >= 4 is 5.82 Å². The molecule has 2 N–H and O–H groups in total. The molecule has 0 saturated carbocycles. The number of aliphatic hydroxyl groups excluding tert-OH is 1. The summed E-state index contributed by atoms with van der Waals surface area (Å²) in [5.41, 5.74) is 0.580. The van der Waals surface area contributed by atoms with Gasteiger partial charge in [0, 0.05) is 25.9 Å². The Labute approximate surface area is 113 Å². The number of likely N-dealkylation sites (tertiary alicyclic amines) is 1. The highest BCUT2D eigenvalue weighted by molar-refractivity contribution is 5.38. The predicted octanol–water partition coefficient (Wildman–Crippen LogP) is 1.07. The molecule has 0 atom stereocenters. The molecule has 2 rings (SSSR count). The van der Waals surface area contributed by atoms with Gasteiger partial charge in [-0.05, 0) is 44.0 Å². The third-order valence-electron chi connectivity index (χ3n) is 3.59. The number of nitrogens with zero attached hydrogens (tertiary/aromatic N) is 3. The number of nitriles is 1. The molecule has 0 aliphatic carbocycles. The van der Waals surface area contributed by atoms with Crippen LogP contribution >= 0.6 is 0 Å². The molecule has 2 heterocycles. The highest BCUT2D eigenvalue weighted by Gasteiger charge is 2.17. The van der Waals surface area contributed by atoms with Gasteiger partial charge in [0.05, 0.1) is 5.56 Å². The fourth-order valence-corrected chi connectivity index (χ4v) is 2.30. The van der Waals surface area contributed by atoms with Crippen molar-refractivity contribution in [2.24, 2.45) is 5.92 Å². The van der Waals surface area contributed by atoms with E-state index in [1.165, 1.54) is 0 Å². The van der Waals surface area contributed by atoms with Crippen molar-refractivity contribution in [2.45, 2.75) is 12.8 Å². The average Bonchev–Trinajstić information content (AvgIpc) is 2.49. The fourth-order valence-electron chi connectivity index (χ4n) is 2.30. The van der Waals surface area contributed by atoms with Crippen LogP contribution < -0.4 is 5.32 Å². The summed E-state index contributed by atoms with van der Waals surface area (Å²) >= 11 is 0. The van der Waals surface area contributed by atoms with Gasteiger partial charge in [0.2, 0.25) is 0 Å². The summed E-state index contributed by atoms with van der Waals surface area (Å²) in [6.45, 7) is 4.28. The second kappa shape index (κ2) is 7.07. The Hall–Kier alpha value is -1.64. The van der Waals surface area contributed by atoms with E-state index in [1.807, 2.05) is 6.07 Å². The zero-order valence-corrected chi connectivity index (χ0v) is 11.0. The number of aromatic nitrogens is 1. The maximum atomic E-state index is 9.08. The van der Waals surface area contributed by atoms with Crippen LogP contribution in [-0.4, -0.2) is 47.8 Å². The molecule has 1 aromatic heterocycles. The Kier molecular flexibility index (Phi) is 5.13. The monoisotopic (exact) mass is 260 g/mol. The second-order valence-corrected chi connectivity index (χ2v) is 4.94. The van der Waals surface area contributed by atoms with E-state index >= 15 is 0 Å². The SMILES string of the molecule is N#Cc1ccc(NCCN2CCC(CO)CC2)nc1. The number of piperidine rings is 1. The van der Waals surface area contributed by atoms with Crippen LogP contribution in [0.2, 0.25) is 0 Å². The van der Waals surface area contributed by atoms with Crippen LogP contribution in [0.4, 0.5) is 5.82 Å². The number of hydrogen-bond donors (Lipinski definition) is 2. The van der Waals surface area contributed by atoms with Gasteiger partial charge in [0.1, 0.15) is 11.9 Å². The van der Waals surface area contributed by atoms with Crippen molar-refractivity contribution in [3.63, 3.8) is 0 Å². The van der Waals surface area contributed by atoms with Crippen molar-refractivity contribution < 1.29 is 5.11 Å². The van der Waals surface area contributed by atoms with Crippen LogP contribution in [0, 0.1) is 17.2 Å². The molecular weight excluding hydrogens is 240 g/mol. The molecule has 1 aliphatic rings. The molecule has 0 aromatic carbocycles. The number of hydrogen-bond acceptors (Lipinski definition) is 5. The molecule has 0 bridgehead atoms. The lowest BCUT2D eigenvalue weighted by atomic mass is 9.98. The van der Waals surface area contributed by atoms with Gasteiger partial charge in [0.25, 0.3) is 0 Å². The molecule has 0 amide bonds. The minimum Gasteiger partial charge on any atom is -0.396 e.